The number of carboxylic acids is 2. The van der Waals surface area contributed by atoms with Crippen molar-refractivity contribution in [1.29, 1.82) is 0 Å². The summed E-state index contributed by atoms with van der Waals surface area (Å²) < 4.78 is 0. The van der Waals surface area contributed by atoms with E-state index in [2.05, 4.69) is 40.0 Å². The highest BCUT2D eigenvalue weighted by Crippen LogP contribution is 2.18. The molecule has 0 aromatic carbocycles. The van der Waals surface area contributed by atoms with Crippen LogP contribution in [-0.2, 0) is 20.9 Å². The summed E-state index contributed by atoms with van der Waals surface area (Å²) in [6, 6.07) is 6.03. The second kappa shape index (κ2) is 13.6. The van der Waals surface area contributed by atoms with Gasteiger partial charge in [-0.25, -0.2) is 9.59 Å². The number of rotatable bonds is 8. The first-order valence-corrected chi connectivity index (χ1v) is 9.95. The van der Waals surface area contributed by atoms with Crippen LogP contribution in [0.5, 0.6) is 0 Å². The number of aliphatic carboxylic acids is 2. The van der Waals surface area contributed by atoms with Crippen molar-refractivity contribution in [3.05, 3.63) is 30.1 Å². The summed E-state index contributed by atoms with van der Waals surface area (Å²) >= 11 is 0. The van der Waals surface area contributed by atoms with Gasteiger partial charge < -0.3 is 20.4 Å². The Bertz CT molecular complexity index is 617. The lowest BCUT2D eigenvalue weighted by Gasteiger charge is -2.31. The van der Waals surface area contributed by atoms with Crippen LogP contribution in [0.25, 0.3) is 0 Å². The standard InChI is InChI=1S/C18H30N4O.C2H2O4/c1-3-21(4-2)14-11-20-18(23)16-8-12-22(13-9-16)15-17-7-5-6-10-19-17;3-1(4)2(5)6/h5-7,10,16H,3-4,8-9,11-15H2,1-2H3,(H,20,23);(H,3,4)(H,5,6). The van der Waals surface area contributed by atoms with E-state index in [9.17, 15) is 4.79 Å². The van der Waals surface area contributed by atoms with E-state index in [4.69, 9.17) is 19.8 Å². The molecule has 1 amide bonds. The van der Waals surface area contributed by atoms with Gasteiger partial charge in [-0.1, -0.05) is 19.9 Å². The number of nitrogens with zero attached hydrogens (tertiary/aromatic N) is 3. The quantitative estimate of drug-likeness (QED) is 0.543. The molecule has 0 unspecified atom stereocenters. The van der Waals surface area contributed by atoms with Crippen LogP contribution in [0.1, 0.15) is 32.4 Å². The van der Waals surface area contributed by atoms with Crippen molar-refractivity contribution in [2.45, 2.75) is 33.2 Å². The van der Waals surface area contributed by atoms with Crippen LogP contribution in [0, 0.1) is 5.92 Å². The van der Waals surface area contributed by atoms with Crippen molar-refractivity contribution in [2.24, 2.45) is 5.92 Å². The average Bonchev–Trinajstić information content (AvgIpc) is 2.73. The Kier molecular flexibility index (Phi) is 11.5. The number of likely N-dealkylation sites (N-methyl/N-ethyl adjacent to an activating group) is 1. The predicted molar refractivity (Wildman–Crippen MR) is 108 cm³/mol. The first-order chi connectivity index (χ1) is 13.9. The summed E-state index contributed by atoms with van der Waals surface area (Å²) in [5.41, 5.74) is 1.11. The molecule has 3 N–H and O–H groups in total. The number of carboxylic acid groups (broad SMARTS) is 2. The van der Waals surface area contributed by atoms with Crippen molar-refractivity contribution in [2.75, 3.05) is 39.3 Å². The Morgan fingerprint density at radius 2 is 1.76 bits per heavy atom. The largest absolute Gasteiger partial charge is 0.473 e. The summed E-state index contributed by atoms with van der Waals surface area (Å²) in [4.78, 5) is 39.6. The van der Waals surface area contributed by atoms with Gasteiger partial charge in [-0.2, -0.15) is 0 Å². The molecule has 1 fully saturated rings. The van der Waals surface area contributed by atoms with E-state index >= 15 is 0 Å². The molecule has 0 spiro atoms. The van der Waals surface area contributed by atoms with Gasteiger partial charge in [0.1, 0.15) is 0 Å². The van der Waals surface area contributed by atoms with Crippen LogP contribution in [0.15, 0.2) is 24.4 Å². The number of aromatic nitrogens is 1. The van der Waals surface area contributed by atoms with Crippen molar-refractivity contribution in [3.8, 4) is 0 Å². The highest BCUT2D eigenvalue weighted by Gasteiger charge is 2.24. The fourth-order valence-electron chi connectivity index (χ4n) is 3.10. The molecule has 0 saturated carbocycles. The second-order valence-corrected chi connectivity index (χ2v) is 6.80. The minimum absolute atomic E-state index is 0.173. The molecule has 1 aromatic heterocycles. The zero-order chi connectivity index (χ0) is 21.6. The van der Waals surface area contributed by atoms with E-state index in [1.807, 2.05) is 18.3 Å². The lowest BCUT2D eigenvalue weighted by Crippen LogP contribution is -2.42. The molecule has 1 aliphatic heterocycles. The molecule has 1 saturated heterocycles. The third-order valence-electron chi connectivity index (χ3n) is 4.87. The molecular formula is C20H32N4O5. The van der Waals surface area contributed by atoms with Gasteiger partial charge in [-0.05, 0) is 51.2 Å². The molecule has 29 heavy (non-hydrogen) atoms. The lowest BCUT2D eigenvalue weighted by molar-refractivity contribution is -0.159. The van der Waals surface area contributed by atoms with Crippen molar-refractivity contribution in [1.82, 2.24) is 20.1 Å². The third-order valence-corrected chi connectivity index (χ3v) is 4.87. The van der Waals surface area contributed by atoms with Crippen LogP contribution < -0.4 is 5.32 Å². The molecule has 2 rings (SSSR count). The van der Waals surface area contributed by atoms with Gasteiger partial charge in [-0.3, -0.25) is 14.7 Å². The first kappa shape index (κ1) is 24.5. The number of piperidine rings is 1. The molecule has 0 atom stereocenters. The fourth-order valence-corrected chi connectivity index (χ4v) is 3.10. The Morgan fingerprint density at radius 1 is 1.14 bits per heavy atom. The normalized spacial score (nSPS) is 14.7. The average molecular weight is 408 g/mol. The van der Waals surface area contributed by atoms with E-state index in [1.54, 1.807) is 0 Å². The van der Waals surface area contributed by atoms with Crippen LogP contribution >= 0.6 is 0 Å². The van der Waals surface area contributed by atoms with Crippen LogP contribution in [0.2, 0.25) is 0 Å². The maximum atomic E-state index is 12.3. The number of nitrogens with one attached hydrogen (secondary N) is 1. The second-order valence-electron chi connectivity index (χ2n) is 6.80. The summed E-state index contributed by atoms with van der Waals surface area (Å²) in [6.07, 6.45) is 3.74. The van der Waals surface area contributed by atoms with E-state index in [0.717, 1.165) is 64.3 Å². The molecule has 162 valence electrons. The Morgan fingerprint density at radius 3 is 2.24 bits per heavy atom. The molecular weight excluding hydrogens is 376 g/mol. The van der Waals surface area contributed by atoms with Crippen molar-refractivity contribution >= 4 is 17.8 Å². The Labute approximate surface area is 171 Å². The predicted octanol–water partition coefficient (Wildman–Crippen LogP) is 0.907. The topological polar surface area (TPSA) is 123 Å². The smallest absolute Gasteiger partial charge is 0.414 e. The van der Waals surface area contributed by atoms with Crippen molar-refractivity contribution in [3.63, 3.8) is 0 Å². The summed E-state index contributed by atoms with van der Waals surface area (Å²) in [5.74, 6) is -3.24. The zero-order valence-electron chi connectivity index (χ0n) is 17.2. The van der Waals surface area contributed by atoms with E-state index in [1.165, 1.54) is 0 Å². The van der Waals surface area contributed by atoms with Gasteiger partial charge in [0, 0.05) is 31.7 Å². The maximum Gasteiger partial charge on any atom is 0.414 e. The zero-order valence-corrected chi connectivity index (χ0v) is 17.2. The van der Waals surface area contributed by atoms with E-state index < -0.39 is 11.9 Å². The van der Waals surface area contributed by atoms with Crippen LogP contribution in [-0.4, -0.2) is 82.1 Å². The summed E-state index contributed by atoms with van der Waals surface area (Å²) in [5, 5.41) is 17.9. The number of pyridine rings is 1. The lowest BCUT2D eigenvalue weighted by atomic mass is 9.96. The number of hydrogen-bond acceptors (Lipinski definition) is 6. The van der Waals surface area contributed by atoms with Crippen LogP contribution in [0.3, 0.4) is 0 Å². The molecule has 0 aliphatic carbocycles. The molecule has 9 nitrogen and oxygen atoms in total. The summed E-state index contributed by atoms with van der Waals surface area (Å²) in [6.45, 7) is 10.9. The monoisotopic (exact) mass is 408 g/mol. The van der Waals surface area contributed by atoms with Gasteiger partial charge in [0.05, 0.1) is 5.69 Å². The van der Waals surface area contributed by atoms with Gasteiger partial charge in [0.25, 0.3) is 0 Å². The number of likely N-dealkylation sites (tertiary alicyclic amines) is 1. The minimum Gasteiger partial charge on any atom is -0.473 e. The summed E-state index contributed by atoms with van der Waals surface area (Å²) in [7, 11) is 0. The molecule has 1 aromatic rings. The molecule has 0 bridgehead atoms. The maximum absolute atomic E-state index is 12.3. The van der Waals surface area contributed by atoms with Gasteiger partial charge in [0.15, 0.2) is 0 Å². The number of hydrogen-bond donors (Lipinski definition) is 3. The SMILES string of the molecule is CCN(CC)CCNC(=O)C1CCN(Cc2ccccn2)CC1.O=C(O)C(=O)O. The number of carbonyl (C=O) groups is 3. The molecule has 1 aliphatic rings. The highest BCUT2D eigenvalue weighted by molar-refractivity contribution is 6.27. The Hall–Kier alpha value is -2.52. The highest BCUT2D eigenvalue weighted by atomic mass is 16.4. The number of amides is 1. The minimum atomic E-state index is -1.82. The number of carbonyl (C=O) groups excluding carboxylic acids is 1. The van der Waals surface area contributed by atoms with Gasteiger partial charge in [-0.15, -0.1) is 0 Å². The molecule has 9 heteroatoms. The van der Waals surface area contributed by atoms with Crippen LogP contribution in [0.4, 0.5) is 0 Å². The molecule has 0 radical (unpaired) electrons. The van der Waals surface area contributed by atoms with Crippen molar-refractivity contribution < 1.29 is 24.6 Å². The fraction of sp³-hybridized carbons (Fsp3) is 0.600. The Balaban J connectivity index is 0.000000612. The van der Waals surface area contributed by atoms with Gasteiger partial charge in [0.2, 0.25) is 5.91 Å². The van der Waals surface area contributed by atoms with Gasteiger partial charge >= 0.3 is 11.9 Å². The first-order valence-electron chi connectivity index (χ1n) is 9.95. The van der Waals surface area contributed by atoms with E-state index in [-0.39, 0.29) is 11.8 Å². The third kappa shape index (κ3) is 10.00. The molecule has 2 heterocycles. The van der Waals surface area contributed by atoms with E-state index in [0.29, 0.717) is 0 Å².